The van der Waals surface area contributed by atoms with Gasteiger partial charge in [0.1, 0.15) is 5.54 Å². The van der Waals surface area contributed by atoms with E-state index in [0.29, 0.717) is 13.0 Å². The summed E-state index contributed by atoms with van der Waals surface area (Å²) in [6.07, 6.45) is 0.910. The van der Waals surface area contributed by atoms with Crippen LogP contribution in [0.15, 0.2) is 0 Å². The molecule has 14 heavy (non-hydrogen) atoms. The van der Waals surface area contributed by atoms with Crippen molar-refractivity contribution in [2.24, 2.45) is 0 Å². The summed E-state index contributed by atoms with van der Waals surface area (Å²) in [6, 6.07) is 0. The molecule has 0 aromatic rings. The molecule has 0 N–H and O–H groups in total. The van der Waals surface area contributed by atoms with Gasteiger partial charge in [0.25, 0.3) is 5.92 Å². The highest BCUT2D eigenvalue weighted by molar-refractivity contribution is 5.82. The summed E-state index contributed by atoms with van der Waals surface area (Å²) in [5.74, 6) is -3.25. The van der Waals surface area contributed by atoms with Gasteiger partial charge in [-0.05, 0) is 19.4 Å². The van der Waals surface area contributed by atoms with E-state index < -0.39 is 17.4 Å². The fourth-order valence-electron chi connectivity index (χ4n) is 2.62. The Kier molecular flexibility index (Phi) is 2.03. The van der Waals surface area contributed by atoms with E-state index in [0.717, 1.165) is 6.42 Å². The number of ether oxygens (including phenoxy) is 1. The number of alkyl halides is 2. The van der Waals surface area contributed by atoms with Gasteiger partial charge in [-0.2, -0.15) is 0 Å². The first-order valence-electron chi connectivity index (χ1n) is 4.71. The lowest BCUT2D eigenvalue weighted by Crippen LogP contribution is -2.46. The average Bonchev–Trinajstić information content (AvgIpc) is 2.56. The SMILES string of the molecule is COC(=O)C12CCCN1CC(F)(F)C2. The van der Waals surface area contributed by atoms with Gasteiger partial charge in [-0.1, -0.05) is 0 Å². The highest BCUT2D eigenvalue weighted by Gasteiger charge is 2.61. The van der Waals surface area contributed by atoms with Gasteiger partial charge in [-0.3, -0.25) is 9.69 Å². The summed E-state index contributed by atoms with van der Waals surface area (Å²) in [5.41, 5.74) is -1.03. The number of carbonyl (C=O) groups is 1. The third-order valence-corrected chi connectivity index (χ3v) is 3.16. The van der Waals surface area contributed by atoms with Gasteiger partial charge >= 0.3 is 5.97 Å². The minimum Gasteiger partial charge on any atom is -0.468 e. The average molecular weight is 205 g/mol. The van der Waals surface area contributed by atoms with Crippen molar-refractivity contribution < 1.29 is 18.3 Å². The number of esters is 1. The molecule has 0 aromatic heterocycles. The first-order chi connectivity index (χ1) is 6.50. The Morgan fingerprint density at radius 1 is 1.50 bits per heavy atom. The van der Waals surface area contributed by atoms with E-state index in [1.54, 1.807) is 4.90 Å². The zero-order valence-electron chi connectivity index (χ0n) is 8.06. The fourth-order valence-corrected chi connectivity index (χ4v) is 2.62. The van der Waals surface area contributed by atoms with Gasteiger partial charge < -0.3 is 4.74 Å². The van der Waals surface area contributed by atoms with E-state index in [4.69, 9.17) is 0 Å². The molecular formula is C9H13F2NO2. The fraction of sp³-hybridized carbons (Fsp3) is 0.889. The van der Waals surface area contributed by atoms with Gasteiger partial charge in [-0.15, -0.1) is 0 Å². The van der Waals surface area contributed by atoms with Crippen molar-refractivity contribution in [3.8, 4) is 0 Å². The molecule has 2 aliphatic heterocycles. The molecule has 2 heterocycles. The monoisotopic (exact) mass is 205 g/mol. The molecule has 1 atom stereocenters. The molecule has 80 valence electrons. The van der Waals surface area contributed by atoms with Crippen molar-refractivity contribution in [1.29, 1.82) is 0 Å². The van der Waals surface area contributed by atoms with Crippen molar-refractivity contribution in [2.75, 3.05) is 20.2 Å². The van der Waals surface area contributed by atoms with E-state index >= 15 is 0 Å². The maximum Gasteiger partial charge on any atom is 0.326 e. The van der Waals surface area contributed by atoms with Gasteiger partial charge in [0, 0.05) is 6.42 Å². The van der Waals surface area contributed by atoms with Gasteiger partial charge in [0.2, 0.25) is 0 Å². The number of rotatable bonds is 1. The first kappa shape index (κ1) is 9.83. The lowest BCUT2D eigenvalue weighted by atomic mass is 9.93. The van der Waals surface area contributed by atoms with Gasteiger partial charge in [0.15, 0.2) is 0 Å². The van der Waals surface area contributed by atoms with Crippen LogP contribution in [0.1, 0.15) is 19.3 Å². The smallest absolute Gasteiger partial charge is 0.326 e. The Bertz CT molecular complexity index is 270. The second-order valence-electron chi connectivity index (χ2n) is 4.08. The van der Waals surface area contributed by atoms with E-state index in [1.807, 2.05) is 0 Å². The summed E-state index contributed by atoms with van der Waals surface area (Å²) in [5, 5.41) is 0. The minimum atomic E-state index is -2.74. The molecule has 2 aliphatic rings. The normalized spacial score (nSPS) is 35.6. The van der Waals surface area contributed by atoms with Crippen molar-refractivity contribution in [3.05, 3.63) is 0 Å². The molecule has 2 fully saturated rings. The van der Waals surface area contributed by atoms with Gasteiger partial charge in [0.05, 0.1) is 13.7 Å². The van der Waals surface area contributed by atoms with Crippen molar-refractivity contribution in [3.63, 3.8) is 0 Å². The number of hydrogen-bond donors (Lipinski definition) is 0. The van der Waals surface area contributed by atoms with Crippen LogP contribution in [-0.2, 0) is 9.53 Å². The summed E-state index contributed by atoms with van der Waals surface area (Å²) in [6.45, 7) is 0.271. The van der Waals surface area contributed by atoms with Crippen LogP contribution in [0.4, 0.5) is 8.78 Å². The van der Waals surface area contributed by atoms with Crippen molar-refractivity contribution >= 4 is 5.97 Å². The van der Waals surface area contributed by atoms with Crippen LogP contribution in [0.3, 0.4) is 0 Å². The summed E-state index contributed by atoms with van der Waals surface area (Å²) in [4.78, 5) is 13.1. The molecule has 2 saturated heterocycles. The standard InChI is InChI=1S/C9H13F2NO2/c1-14-7(13)8-3-2-4-12(8)6-9(10,11)5-8/h2-6H2,1H3. The molecule has 2 rings (SSSR count). The quantitative estimate of drug-likeness (QED) is 0.599. The van der Waals surface area contributed by atoms with Crippen LogP contribution in [0.5, 0.6) is 0 Å². The highest BCUT2D eigenvalue weighted by atomic mass is 19.3. The van der Waals surface area contributed by atoms with Crippen molar-refractivity contribution in [2.45, 2.75) is 30.7 Å². The van der Waals surface area contributed by atoms with Crippen LogP contribution < -0.4 is 0 Å². The predicted molar refractivity (Wildman–Crippen MR) is 45.1 cm³/mol. The Balaban J connectivity index is 2.27. The third kappa shape index (κ3) is 1.22. The second kappa shape index (κ2) is 2.89. The number of halogens is 2. The van der Waals surface area contributed by atoms with Crippen LogP contribution >= 0.6 is 0 Å². The number of methoxy groups -OCH3 is 1. The Hall–Kier alpha value is -0.710. The van der Waals surface area contributed by atoms with Crippen LogP contribution in [0, 0.1) is 0 Å². The van der Waals surface area contributed by atoms with Crippen LogP contribution in [0.2, 0.25) is 0 Å². The second-order valence-corrected chi connectivity index (χ2v) is 4.08. The molecule has 0 aromatic carbocycles. The molecule has 0 saturated carbocycles. The van der Waals surface area contributed by atoms with Crippen LogP contribution in [0.25, 0.3) is 0 Å². The summed E-state index contributed by atoms with van der Waals surface area (Å²) in [7, 11) is 1.25. The zero-order chi connectivity index (χ0) is 10.4. The van der Waals surface area contributed by atoms with Gasteiger partial charge in [-0.25, -0.2) is 8.78 Å². The molecule has 1 unspecified atom stereocenters. The number of fused-ring (bicyclic) bond motifs is 1. The predicted octanol–water partition coefficient (Wildman–Crippen LogP) is 1.03. The number of nitrogens with zero attached hydrogens (tertiary/aromatic N) is 1. The van der Waals surface area contributed by atoms with Crippen molar-refractivity contribution in [1.82, 2.24) is 4.90 Å². The number of hydrogen-bond acceptors (Lipinski definition) is 3. The Morgan fingerprint density at radius 2 is 2.21 bits per heavy atom. The molecule has 0 aliphatic carbocycles. The topological polar surface area (TPSA) is 29.5 Å². The zero-order valence-corrected chi connectivity index (χ0v) is 8.06. The lowest BCUT2D eigenvalue weighted by Gasteiger charge is -2.27. The molecule has 0 radical (unpaired) electrons. The van der Waals surface area contributed by atoms with Crippen LogP contribution in [-0.4, -0.2) is 42.5 Å². The van der Waals surface area contributed by atoms with E-state index in [9.17, 15) is 13.6 Å². The lowest BCUT2D eigenvalue weighted by molar-refractivity contribution is -0.152. The van der Waals surface area contributed by atoms with E-state index in [-0.39, 0.29) is 13.0 Å². The maximum atomic E-state index is 13.2. The maximum absolute atomic E-state index is 13.2. The Labute approximate surface area is 81.0 Å². The van der Waals surface area contributed by atoms with E-state index in [1.165, 1.54) is 7.11 Å². The van der Waals surface area contributed by atoms with E-state index in [2.05, 4.69) is 4.74 Å². The first-order valence-corrected chi connectivity index (χ1v) is 4.71. The molecule has 0 spiro atoms. The molecule has 3 nitrogen and oxygen atoms in total. The third-order valence-electron chi connectivity index (χ3n) is 3.16. The molecule has 0 bridgehead atoms. The molecular weight excluding hydrogens is 192 g/mol. The Morgan fingerprint density at radius 3 is 2.86 bits per heavy atom. The molecule has 0 amide bonds. The number of carbonyl (C=O) groups excluding carboxylic acids is 1. The largest absolute Gasteiger partial charge is 0.468 e. The summed E-state index contributed by atoms with van der Waals surface area (Å²) >= 11 is 0. The molecule has 5 heteroatoms. The summed E-state index contributed by atoms with van der Waals surface area (Å²) < 4.78 is 30.9. The minimum absolute atomic E-state index is 0.303. The highest BCUT2D eigenvalue weighted by Crippen LogP contribution is 2.46.